The van der Waals surface area contributed by atoms with Crippen LogP contribution in [0.5, 0.6) is 0 Å². The monoisotopic (exact) mass is 427 g/mol. The fraction of sp³-hybridized carbons (Fsp3) is 0.348. The highest BCUT2D eigenvalue weighted by molar-refractivity contribution is 8.15. The van der Waals surface area contributed by atoms with Crippen LogP contribution >= 0.6 is 11.8 Å². The second kappa shape index (κ2) is 9.43. The second-order valence-corrected chi connectivity index (χ2v) is 9.01. The number of nitrogens with one attached hydrogen (secondary N) is 1. The Labute approximate surface area is 180 Å². The Morgan fingerprint density at radius 3 is 2.60 bits per heavy atom. The molecule has 7 heteroatoms. The maximum absolute atomic E-state index is 13.8. The number of benzene rings is 2. The van der Waals surface area contributed by atoms with Crippen LogP contribution in [0.3, 0.4) is 0 Å². The van der Waals surface area contributed by atoms with Gasteiger partial charge in [-0.3, -0.25) is 14.5 Å². The van der Waals surface area contributed by atoms with Gasteiger partial charge in [-0.15, -0.1) is 0 Å². The number of amides is 2. The lowest BCUT2D eigenvalue weighted by atomic mass is 10.1. The fourth-order valence-electron chi connectivity index (χ4n) is 3.10. The van der Waals surface area contributed by atoms with Crippen molar-refractivity contribution in [1.29, 1.82) is 0 Å². The van der Waals surface area contributed by atoms with E-state index in [-0.39, 0.29) is 23.9 Å². The largest absolute Gasteiger partial charge is 0.324 e. The first-order valence-corrected chi connectivity index (χ1v) is 10.8. The number of aryl methyl sites for hydroxylation is 2. The zero-order valence-electron chi connectivity index (χ0n) is 17.6. The summed E-state index contributed by atoms with van der Waals surface area (Å²) in [5.41, 5.74) is 3.19. The van der Waals surface area contributed by atoms with Gasteiger partial charge in [0.1, 0.15) is 11.1 Å². The molecule has 0 aliphatic carbocycles. The fourth-order valence-corrected chi connectivity index (χ4v) is 4.26. The van der Waals surface area contributed by atoms with Crippen molar-refractivity contribution in [1.82, 2.24) is 4.90 Å². The molecule has 3 rings (SSSR count). The standard InChI is InChI=1S/C23H26FN3O2S/c1-14(2)13-27-22(29)20(12-21(28)26-19-8-6-5-7-18(19)24)30-23(27)25-17-10-9-15(3)16(4)11-17/h5-11,14,20H,12-13H2,1-4H3,(H,26,28)/t20-/m0/s1. The molecule has 158 valence electrons. The van der Waals surface area contributed by atoms with Gasteiger partial charge >= 0.3 is 0 Å². The average molecular weight is 428 g/mol. The minimum Gasteiger partial charge on any atom is -0.324 e. The number of carbonyl (C=O) groups is 2. The van der Waals surface area contributed by atoms with Crippen LogP contribution in [0.1, 0.15) is 31.4 Å². The molecule has 2 amide bonds. The van der Waals surface area contributed by atoms with Gasteiger partial charge in [0.15, 0.2) is 5.17 Å². The lowest BCUT2D eigenvalue weighted by molar-refractivity contribution is -0.128. The summed E-state index contributed by atoms with van der Waals surface area (Å²) in [6.45, 7) is 8.65. The SMILES string of the molecule is Cc1ccc(N=C2S[C@@H](CC(=O)Nc3ccccc3F)C(=O)N2CC(C)C)cc1C. The van der Waals surface area contributed by atoms with Crippen molar-refractivity contribution >= 4 is 40.1 Å². The van der Waals surface area contributed by atoms with Crippen LogP contribution in [0.25, 0.3) is 0 Å². The average Bonchev–Trinajstić information content (AvgIpc) is 2.95. The first-order chi connectivity index (χ1) is 14.2. The van der Waals surface area contributed by atoms with Crippen molar-refractivity contribution in [3.05, 3.63) is 59.4 Å². The van der Waals surface area contributed by atoms with Crippen LogP contribution < -0.4 is 5.32 Å². The third kappa shape index (κ3) is 5.27. The van der Waals surface area contributed by atoms with E-state index in [1.807, 2.05) is 45.9 Å². The minimum absolute atomic E-state index is 0.0433. The molecule has 2 aromatic carbocycles. The summed E-state index contributed by atoms with van der Waals surface area (Å²) >= 11 is 1.29. The van der Waals surface area contributed by atoms with Crippen molar-refractivity contribution in [2.24, 2.45) is 10.9 Å². The maximum atomic E-state index is 13.8. The molecule has 0 radical (unpaired) electrons. The van der Waals surface area contributed by atoms with Gasteiger partial charge in [-0.25, -0.2) is 9.38 Å². The minimum atomic E-state index is -0.583. The number of thioether (sulfide) groups is 1. The van der Waals surface area contributed by atoms with Crippen molar-refractivity contribution in [2.45, 2.75) is 39.4 Å². The lowest BCUT2D eigenvalue weighted by Gasteiger charge is -2.18. The van der Waals surface area contributed by atoms with Gasteiger partial charge < -0.3 is 5.32 Å². The highest BCUT2D eigenvalue weighted by Crippen LogP contribution is 2.33. The summed E-state index contributed by atoms with van der Waals surface area (Å²) in [7, 11) is 0. The Morgan fingerprint density at radius 2 is 1.93 bits per heavy atom. The van der Waals surface area contributed by atoms with E-state index in [0.717, 1.165) is 11.3 Å². The van der Waals surface area contributed by atoms with E-state index in [4.69, 9.17) is 4.99 Å². The molecule has 2 aromatic rings. The number of hydrogen-bond donors (Lipinski definition) is 1. The molecule has 5 nitrogen and oxygen atoms in total. The Morgan fingerprint density at radius 1 is 1.20 bits per heavy atom. The molecule has 30 heavy (non-hydrogen) atoms. The number of halogens is 1. The summed E-state index contributed by atoms with van der Waals surface area (Å²) < 4.78 is 13.8. The Hall–Kier alpha value is -2.67. The number of carbonyl (C=O) groups excluding carboxylic acids is 2. The normalized spacial score (nSPS) is 17.8. The van der Waals surface area contributed by atoms with E-state index in [9.17, 15) is 14.0 Å². The van der Waals surface area contributed by atoms with E-state index in [0.29, 0.717) is 11.7 Å². The summed E-state index contributed by atoms with van der Waals surface area (Å²) in [5, 5.41) is 2.57. The van der Waals surface area contributed by atoms with E-state index in [1.54, 1.807) is 17.0 Å². The third-order valence-electron chi connectivity index (χ3n) is 4.80. The van der Waals surface area contributed by atoms with Gasteiger partial charge in [0.2, 0.25) is 11.8 Å². The predicted octanol–water partition coefficient (Wildman–Crippen LogP) is 5.06. The van der Waals surface area contributed by atoms with Crippen LogP contribution in [0.15, 0.2) is 47.5 Å². The van der Waals surface area contributed by atoms with Crippen molar-refractivity contribution in [2.75, 3.05) is 11.9 Å². The summed E-state index contributed by atoms with van der Waals surface area (Å²) in [4.78, 5) is 31.8. The smallest absolute Gasteiger partial charge is 0.242 e. The van der Waals surface area contributed by atoms with E-state index >= 15 is 0 Å². The first-order valence-electron chi connectivity index (χ1n) is 9.93. The first kappa shape index (κ1) is 22.0. The summed E-state index contributed by atoms with van der Waals surface area (Å²) in [5.74, 6) is -0.789. The molecular formula is C23H26FN3O2S. The summed E-state index contributed by atoms with van der Waals surface area (Å²) in [6.07, 6.45) is -0.0433. The number of hydrogen-bond acceptors (Lipinski definition) is 4. The number of rotatable bonds is 6. The number of nitrogens with zero attached hydrogens (tertiary/aromatic N) is 2. The summed E-state index contributed by atoms with van der Waals surface area (Å²) in [6, 6.07) is 11.9. The molecule has 1 heterocycles. The molecule has 1 fully saturated rings. The van der Waals surface area contributed by atoms with Crippen molar-refractivity contribution < 1.29 is 14.0 Å². The lowest BCUT2D eigenvalue weighted by Crippen LogP contribution is -2.36. The van der Waals surface area contributed by atoms with Crippen LogP contribution in [0.2, 0.25) is 0 Å². The highest BCUT2D eigenvalue weighted by atomic mass is 32.2. The Balaban J connectivity index is 1.78. The number of amidine groups is 1. The molecule has 1 aliphatic heterocycles. The van der Waals surface area contributed by atoms with Crippen LogP contribution in [0.4, 0.5) is 15.8 Å². The van der Waals surface area contributed by atoms with Gasteiger partial charge in [-0.1, -0.05) is 43.8 Å². The highest BCUT2D eigenvalue weighted by Gasteiger charge is 2.39. The van der Waals surface area contributed by atoms with Crippen molar-refractivity contribution in [3.8, 4) is 0 Å². The number of anilines is 1. The Bertz CT molecular complexity index is 990. The van der Waals surface area contributed by atoms with Crippen LogP contribution in [0, 0.1) is 25.6 Å². The van der Waals surface area contributed by atoms with E-state index in [2.05, 4.69) is 5.32 Å². The quantitative estimate of drug-likeness (QED) is 0.701. The van der Waals surface area contributed by atoms with E-state index < -0.39 is 17.0 Å². The Kier molecular flexibility index (Phi) is 6.92. The van der Waals surface area contributed by atoms with Gasteiger partial charge in [0, 0.05) is 13.0 Å². The number of para-hydroxylation sites is 1. The zero-order valence-corrected chi connectivity index (χ0v) is 18.4. The van der Waals surface area contributed by atoms with Crippen molar-refractivity contribution in [3.63, 3.8) is 0 Å². The van der Waals surface area contributed by atoms with Crippen LogP contribution in [-0.4, -0.2) is 33.7 Å². The zero-order chi connectivity index (χ0) is 21.8. The van der Waals surface area contributed by atoms with E-state index in [1.165, 1.54) is 29.5 Å². The molecule has 1 aliphatic rings. The molecule has 1 atom stereocenters. The second-order valence-electron chi connectivity index (χ2n) is 7.84. The maximum Gasteiger partial charge on any atom is 0.242 e. The van der Waals surface area contributed by atoms with Gasteiger partial charge in [-0.2, -0.15) is 0 Å². The third-order valence-corrected chi connectivity index (χ3v) is 5.98. The molecule has 1 saturated heterocycles. The molecule has 0 bridgehead atoms. The molecule has 0 unspecified atom stereocenters. The topological polar surface area (TPSA) is 61.8 Å². The molecule has 0 spiro atoms. The van der Waals surface area contributed by atoms with Gasteiger partial charge in [0.25, 0.3) is 0 Å². The molecule has 0 saturated carbocycles. The predicted molar refractivity (Wildman–Crippen MR) is 121 cm³/mol. The van der Waals surface area contributed by atoms with Gasteiger partial charge in [-0.05, 0) is 55.2 Å². The van der Waals surface area contributed by atoms with Gasteiger partial charge in [0.05, 0.1) is 11.4 Å². The number of aliphatic imine (C=N–C) groups is 1. The molecular weight excluding hydrogens is 401 g/mol. The molecule has 1 N–H and O–H groups in total. The molecule has 0 aromatic heterocycles. The van der Waals surface area contributed by atoms with Crippen LogP contribution in [-0.2, 0) is 9.59 Å².